The first-order valence-corrected chi connectivity index (χ1v) is 7.26. The monoisotopic (exact) mass is 276 g/mol. The maximum Gasteiger partial charge on any atom is 0.222 e. The van der Waals surface area contributed by atoms with Gasteiger partial charge in [-0.05, 0) is 35.9 Å². The molecule has 0 bridgehead atoms. The molecule has 3 heteroatoms. The van der Waals surface area contributed by atoms with E-state index in [1.807, 2.05) is 24.1 Å². The fraction of sp³-hybridized carbons (Fsp3) is 0.588. The largest absolute Gasteiger partial charge is 0.345 e. The normalized spacial score (nSPS) is 13.1. The van der Waals surface area contributed by atoms with Gasteiger partial charge in [-0.25, -0.2) is 0 Å². The van der Waals surface area contributed by atoms with Crippen LogP contribution >= 0.6 is 0 Å². The molecule has 1 atom stereocenters. The average molecular weight is 276 g/mol. The maximum absolute atomic E-state index is 12.3. The molecule has 0 fully saturated rings. The van der Waals surface area contributed by atoms with Crippen LogP contribution in [0, 0.1) is 12.3 Å². The molecule has 3 nitrogen and oxygen atoms in total. The van der Waals surface area contributed by atoms with E-state index in [-0.39, 0.29) is 17.2 Å². The number of nitrogens with zero attached hydrogens (tertiary/aromatic N) is 1. The van der Waals surface area contributed by atoms with Gasteiger partial charge in [0.15, 0.2) is 0 Å². The first-order valence-electron chi connectivity index (χ1n) is 7.26. The van der Waals surface area contributed by atoms with E-state index in [0.29, 0.717) is 19.5 Å². The molecular formula is C17H28N2O. The second kappa shape index (κ2) is 6.89. The van der Waals surface area contributed by atoms with Crippen molar-refractivity contribution < 1.29 is 4.79 Å². The van der Waals surface area contributed by atoms with Crippen molar-refractivity contribution in [1.29, 1.82) is 0 Å². The van der Waals surface area contributed by atoms with Gasteiger partial charge >= 0.3 is 0 Å². The smallest absolute Gasteiger partial charge is 0.222 e. The molecule has 0 radical (unpaired) electrons. The van der Waals surface area contributed by atoms with E-state index < -0.39 is 0 Å². The molecule has 1 aromatic carbocycles. The Morgan fingerprint density at radius 1 is 1.35 bits per heavy atom. The van der Waals surface area contributed by atoms with Gasteiger partial charge in [0, 0.05) is 20.0 Å². The van der Waals surface area contributed by atoms with Crippen LogP contribution in [0.25, 0.3) is 0 Å². The summed E-state index contributed by atoms with van der Waals surface area (Å²) in [5, 5.41) is 0. The first kappa shape index (κ1) is 16.7. The van der Waals surface area contributed by atoms with Gasteiger partial charge in [-0.3, -0.25) is 4.79 Å². The van der Waals surface area contributed by atoms with Crippen molar-refractivity contribution in [1.82, 2.24) is 4.90 Å². The molecule has 0 spiro atoms. The van der Waals surface area contributed by atoms with Crippen LogP contribution in [0.3, 0.4) is 0 Å². The molecule has 1 amide bonds. The van der Waals surface area contributed by atoms with E-state index >= 15 is 0 Å². The number of benzene rings is 1. The second-order valence-corrected chi connectivity index (χ2v) is 6.58. The van der Waals surface area contributed by atoms with Crippen LogP contribution in [0.4, 0.5) is 0 Å². The summed E-state index contributed by atoms with van der Waals surface area (Å²) in [6, 6.07) is 8.27. The minimum absolute atomic E-state index is 0.0314. The number of carbonyl (C=O) groups excluding carboxylic acids is 1. The third-order valence-electron chi connectivity index (χ3n) is 3.84. The zero-order chi connectivity index (χ0) is 15.3. The summed E-state index contributed by atoms with van der Waals surface area (Å²) in [5.41, 5.74) is 8.20. The zero-order valence-electron chi connectivity index (χ0n) is 13.4. The van der Waals surface area contributed by atoms with Gasteiger partial charge < -0.3 is 10.6 Å². The van der Waals surface area contributed by atoms with Crippen molar-refractivity contribution in [3.63, 3.8) is 0 Å². The van der Waals surface area contributed by atoms with E-state index in [1.54, 1.807) is 0 Å². The molecule has 1 aromatic rings. The van der Waals surface area contributed by atoms with Crippen LogP contribution in [0.2, 0.25) is 0 Å². The highest BCUT2D eigenvalue weighted by molar-refractivity contribution is 5.76. The Labute approximate surface area is 123 Å². The lowest BCUT2D eigenvalue weighted by atomic mass is 9.91. The number of carbonyl (C=O) groups is 1. The average Bonchev–Trinajstić information content (AvgIpc) is 2.38. The number of aryl methyl sites for hydroxylation is 1. The molecule has 1 rings (SSSR count). The van der Waals surface area contributed by atoms with Gasteiger partial charge in [0.1, 0.15) is 0 Å². The Hall–Kier alpha value is -1.35. The Morgan fingerprint density at radius 2 is 1.95 bits per heavy atom. The molecule has 112 valence electrons. The summed E-state index contributed by atoms with van der Waals surface area (Å²) in [7, 11) is 1.87. The van der Waals surface area contributed by atoms with E-state index in [2.05, 4.69) is 39.8 Å². The number of amides is 1. The van der Waals surface area contributed by atoms with Crippen molar-refractivity contribution in [2.45, 2.75) is 40.0 Å². The van der Waals surface area contributed by atoms with Crippen molar-refractivity contribution in [2.24, 2.45) is 11.1 Å². The predicted molar refractivity (Wildman–Crippen MR) is 84.7 cm³/mol. The predicted octanol–water partition coefficient (Wildman–Crippen LogP) is 2.93. The fourth-order valence-corrected chi connectivity index (χ4v) is 2.46. The summed E-state index contributed by atoms with van der Waals surface area (Å²) < 4.78 is 0. The van der Waals surface area contributed by atoms with Gasteiger partial charge in [-0.15, -0.1) is 0 Å². The van der Waals surface area contributed by atoms with Crippen LogP contribution in [0.1, 0.15) is 44.2 Å². The zero-order valence-corrected chi connectivity index (χ0v) is 13.4. The van der Waals surface area contributed by atoms with Crippen molar-refractivity contribution in [3.05, 3.63) is 35.4 Å². The molecule has 0 saturated carbocycles. The molecule has 0 aromatic heterocycles. The molecule has 0 saturated heterocycles. The van der Waals surface area contributed by atoms with Gasteiger partial charge in [0.25, 0.3) is 0 Å². The van der Waals surface area contributed by atoms with E-state index in [0.717, 1.165) is 0 Å². The number of rotatable bonds is 6. The van der Waals surface area contributed by atoms with Gasteiger partial charge in [0.2, 0.25) is 5.91 Å². The molecule has 0 aliphatic carbocycles. The highest BCUT2D eigenvalue weighted by Crippen LogP contribution is 2.23. The summed E-state index contributed by atoms with van der Waals surface area (Å²) >= 11 is 0. The number of nitrogens with two attached hydrogens (primary N) is 1. The summed E-state index contributed by atoms with van der Waals surface area (Å²) in [4.78, 5) is 14.1. The van der Waals surface area contributed by atoms with Crippen LogP contribution in [0.5, 0.6) is 0 Å². The minimum Gasteiger partial charge on any atom is -0.345 e. The Morgan fingerprint density at radius 3 is 2.50 bits per heavy atom. The topological polar surface area (TPSA) is 46.3 Å². The molecule has 0 aliphatic heterocycles. The fourth-order valence-electron chi connectivity index (χ4n) is 2.46. The second-order valence-electron chi connectivity index (χ2n) is 6.58. The van der Waals surface area contributed by atoms with Gasteiger partial charge in [-0.2, -0.15) is 0 Å². The lowest BCUT2D eigenvalue weighted by Gasteiger charge is -2.30. The van der Waals surface area contributed by atoms with Crippen LogP contribution in [-0.4, -0.2) is 30.9 Å². The molecule has 2 N–H and O–H groups in total. The molecule has 20 heavy (non-hydrogen) atoms. The number of hydrogen-bond acceptors (Lipinski definition) is 2. The molecule has 0 aliphatic rings. The lowest BCUT2D eigenvalue weighted by Crippen LogP contribution is -2.40. The third-order valence-corrected chi connectivity index (χ3v) is 3.84. The molecule has 1 unspecified atom stereocenters. The lowest BCUT2D eigenvalue weighted by molar-refractivity contribution is -0.131. The maximum atomic E-state index is 12.3. The molecular weight excluding hydrogens is 248 g/mol. The SMILES string of the molecule is Cc1ccccc1C(C)CC(=O)N(C)CC(C)(C)CN. The quantitative estimate of drug-likeness (QED) is 0.868. The Kier molecular flexibility index (Phi) is 5.75. The van der Waals surface area contributed by atoms with Gasteiger partial charge in [0.05, 0.1) is 0 Å². The minimum atomic E-state index is -0.0314. The summed E-state index contributed by atoms with van der Waals surface area (Å²) in [5.74, 6) is 0.425. The highest BCUT2D eigenvalue weighted by Gasteiger charge is 2.22. The number of hydrogen-bond donors (Lipinski definition) is 1. The standard InChI is InChI=1S/C17H28N2O/c1-13-8-6-7-9-15(13)14(2)10-16(20)19(5)12-17(3,4)11-18/h6-9,14H,10-12,18H2,1-5H3. The van der Waals surface area contributed by atoms with Crippen molar-refractivity contribution >= 4 is 5.91 Å². The third kappa shape index (κ3) is 4.64. The van der Waals surface area contributed by atoms with Crippen LogP contribution < -0.4 is 5.73 Å². The van der Waals surface area contributed by atoms with Crippen LogP contribution in [-0.2, 0) is 4.79 Å². The Bertz CT molecular complexity index is 454. The highest BCUT2D eigenvalue weighted by atomic mass is 16.2. The van der Waals surface area contributed by atoms with Crippen molar-refractivity contribution in [3.8, 4) is 0 Å². The summed E-state index contributed by atoms with van der Waals surface area (Å²) in [6.45, 7) is 9.66. The first-order chi connectivity index (χ1) is 9.26. The van der Waals surface area contributed by atoms with Crippen molar-refractivity contribution in [2.75, 3.05) is 20.1 Å². The molecule has 0 heterocycles. The van der Waals surface area contributed by atoms with E-state index in [1.165, 1.54) is 11.1 Å². The van der Waals surface area contributed by atoms with E-state index in [4.69, 9.17) is 5.73 Å². The van der Waals surface area contributed by atoms with Crippen LogP contribution in [0.15, 0.2) is 24.3 Å². The van der Waals surface area contributed by atoms with Gasteiger partial charge in [-0.1, -0.05) is 45.0 Å². The summed E-state index contributed by atoms with van der Waals surface area (Å²) in [6.07, 6.45) is 0.544. The Balaban J connectivity index is 2.64. The van der Waals surface area contributed by atoms with E-state index in [9.17, 15) is 4.79 Å².